The Morgan fingerprint density at radius 3 is 2.38 bits per heavy atom. The van der Waals surface area contributed by atoms with Gasteiger partial charge in [0.15, 0.2) is 0 Å². The van der Waals surface area contributed by atoms with Gasteiger partial charge < -0.3 is 4.84 Å². The van der Waals surface area contributed by atoms with E-state index in [1.165, 1.54) is 50.7 Å². The molecular weight excluding hydrogens is 162 g/mol. The zero-order valence-electron chi connectivity index (χ0n) is 8.04. The summed E-state index contributed by atoms with van der Waals surface area (Å²) in [7, 11) is 0. The molecule has 0 aromatic rings. The molecule has 0 aromatic carbocycles. The van der Waals surface area contributed by atoms with E-state index in [2.05, 4.69) is 5.16 Å². The first-order valence-corrected chi connectivity index (χ1v) is 5.66. The summed E-state index contributed by atoms with van der Waals surface area (Å²) in [6.07, 6.45) is 9.70. The van der Waals surface area contributed by atoms with Gasteiger partial charge in [0.05, 0.1) is 5.71 Å². The van der Waals surface area contributed by atoms with Crippen molar-refractivity contribution in [1.29, 1.82) is 0 Å². The Bertz CT molecular complexity index is 228. The Morgan fingerprint density at radius 1 is 1.08 bits per heavy atom. The number of nitrogens with zero attached hydrogens (tertiary/aromatic N) is 1. The molecule has 0 heterocycles. The zero-order valence-corrected chi connectivity index (χ0v) is 8.04. The normalized spacial score (nSPS) is 36.9. The molecule has 0 aromatic heterocycles. The second-order valence-corrected chi connectivity index (χ2v) is 4.72. The van der Waals surface area contributed by atoms with Gasteiger partial charge >= 0.3 is 0 Å². The second-order valence-electron chi connectivity index (χ2n) is 4.72. The standard InChI is InChI=1S/C11H17NO/c1-2-9(3-1)13-12-11-7-6-10(11)8-4-5-8/h8-10H,1-7H2/b12-11-. The summed E-state index contributed by atoms with van der Waals surface area (Å²) in [4.78, 5) is 5.48. The number of hydrogen-bond donors (Lipinski definition) is 0. The van der Waals surface area contributed by atoms with Gasteiger partial charge in [0.1, 0.15) is 6.10 Å². The highest BCUT2D eigenvalue weighted by atomic mass is 16.6. The molecule has 0 saturated heterocycles. The molecule has 1 atom stereocenters. The predicted octanol–water partition coefficient (Wildman–Crippen LogP) is 2.73. The lowest BCUT2D eigenvalue weighted by Gasteiger charge is -2.29. The van der Waals surface area contributed by atoms with Crippen LogP contribution in [0.2, 0.25) is 0 Å². The summed E-state index contributed by atoms with van der Waals surface area (Å²) in [5.74, 6) is 1.80. The van der Waals surface area contributed by atoms with E-state index in [1.807, 2.05) is 0 Å². The highest BCUT2D eigenvalue weighted by molar-refractivity contribution is 5.91. The van der Waals surface area contributed by atoms with E-state index in [-0.39, 0.29) is 0 Å². The SMILES string of the molecule is C1CC(O/N=C2/CCC2C2CC2)C1. The molecule has 13 heavy (non-hydrogen) atoms. The minimum Gasteiger partial charge on any atom is -0.393 e. The van der Waals surface area contributed by atoms with Crippen molar-refractivity contribution >= 4 is 5.71 Å². The fourth-order valence-electron chi connectivity index (χ4n) is 2.18. The molecule has 0 spiro atoms. The van der Waals surface area contributed by atoms with Crippen LogP contribution in [-0.2, 0) is 4.84 Å². The summed E-state index contributed by atoms with van der Waals surface area (Å²) in [6.45, 7) is 0. The predicted molar refractivity (Wildman–Crippen MR) is 51.6 cm³/mol. The van der Waals surface area contributed by atoms with E-state index < -0.39 is 0 Å². The van der Waals surface area contributed by atoms with Gasteiger partial charge in [-0.05, 0) is 50.9 Å². The smallest absolute Gasteiger partial charge is 0.127 e. The molecule has 3 aliphatic rings. The molecule has 0 aliphatic heterocycles. The van der Waals surface area contributed by atoms with Gasteiger partial charge in [-0.3, -0.25) is 0 Å². The molecule has 3 saturated carbocycles. The first-order chi connectivity index (χ1) is 6.43. The average Bonchev–Trinajstić information content (AvgIpc) is 2.75. The van der Waals surface area contributed by atoms with Crippen molar-refractivity contribution in [2.75, 3.05) is 0 Å². The maximum Gasteiger partial charge on any atom is 0.127 e. The lowest BCUT2D eigenvalue weighted by Crippen LogP contribution is -2.29. The monoisotopic (exact) mass is 179 g/mol. The number of rotatable bonds is 3. The van der Waals surface area contributed by atoms with Crippen LogP contribution in [0.25, 0.3) is 0 Å². The quantitative estimate of drug-likeness (QED) is 0.610. The summed E-state index contributed by atoms with van der Waals surface area (Å²) in [5.41, 5.74) is 1.37. The van der Waals surface area contributed by atoms with Crippen LogP contribution in [0, 0.1) is 11.8 Å². The Labute approximate surface area is 79.3 Å². The van der Waals surface area contributed by atoms with Crippen molar-refractivity contribution in [3.05, 3.63) is 0 Å². The first kappa shape index (κ1) is 7.84. The molecule has 3 rings (SSSR count). The van der Waals surface area contributed by atoms with E-state index in [0.29, 0.717) is 6.10 Å². The fraction of sp³-hybridized carbons (Fsp3) is 0.909. The highest BCUT2D eigenvalue weighted by Crippen LogP contribution is 2.45. The molecule has 2 nitrogen and oxygen atoms in total. The van der Waals surface area contributed by atoms with E-state index in [1.54, 1.807) is 0 Å². The Morgan fingerprint density at radius 2 is 1.92 bits per heavy atom. The van der Waals surface area contributed by atoms with Crippen molar-refractivity contribution in [2.45, 2.75) is 51.0 Å². The van der Waals surface area contributed by atoms with Crippen LogP contribution in [0.1, 0.15) is 44.9 Å². The molecular formula is C11H17NO. The lowest BCUT2D eigenvalue weighted by atomic mass is 9.79. The van der Waals surface area contributed by atoms with Gasteiger partial charge in [-0.15, -0.1) is 0 Å². The number of oxime groups is 1. The maximum atomic E-state index is 5.48. The van der Waals surface area contributed by atoms with Crippen LogP contribution in [0.3, 0.4) is 0 Å². The molecule has 1 unspecified atom stereocenters. The summed E-state index contributed by atoms with van der Waals surface area (Å²) >= 11 is 0. The van der Waals surface area contributed by atoms with Crippen LogP contribution in [-0.4, -0.2) is 11.8 Å². The topological polar surface area (TPSA) is 21.6 Å². The van der Waals surface area contributed by atoms with Gasteiger partial charge in [0.25, 0.3) is 0 Å². The minimum atomic E-state index is 0.466. The maximum absolute atomic E-state index is 5.48. The van der Waals surface area contributed by atoms with Crippen molar-refractivity contribution in [3.8, 4) is 0 Å². The molecule has 0 N–H and O–H groups in total. The third-order valence-electron chi connectivity index (χ3n) is 3.70. The summed E-state index contributed by atoms with van der Waals surface area (Å²) < 4.78 is 0. The second kappa shape index (κ2) is 3.00. The molecule has 2 heteroatoms. The van der Waals surface area contributed by atoms with Crippen LogP contribution in [0.15, 0.2) is 5.16 Å². The third-order valence-corrected chi connectivity index (χ3v) is 3.70. The third kappa shape index (κ3) is 1.47. The van der Waals surface area contributed by atoms with Crippen molar-refractivity contribution in [3.63, 3.8) is 0 Å². The number of hydrogen-bond acceptors (Lipinski definition) is 2. The lowest BCUT2D eigenvalue weighted by molar-refractivity contribution is 0.00368. The molecule has 0 amide bonds. The van der Waals surface area contributed by atoms with Crippen molar-refractivity contribution in [2.24, 2.45) is 17.0 Å². The van der Waals surface area contributed by atoms with E-state index in [4.69, 9.17) is 4.84 Å². The van der Waals surface area contributed by atoms with E-state index in [0.717, 1.165) is 11.8 Å². The van der Waals surface area contributed by atoms with Gasteiger partial charge in [0, 0.05) is 5.92 Å². The average molecular weight is 179 g/mol. The van der Waals surface area contributed by atoms with Gasteiger partial charge in [-0.1, -0.05) is 5.16 Å². The molecule has 0 radical (unpaired) electrons. The van der Waals surface area contributed by atoms with Crippen LogP contribution in [0.4, 0.5) is 0 Å². The van der Waals surface area contributed by atoms with Crippen LogP contribution >= 0.6 is 0 Å². The first-order valence-electron chi connectivity index (χ1n) is 5.66. The fourth-order valence-corrected chi connectivity index (χ4v) is 2.18. The largest absolute Gasteiger partial charge is 0.393 e. The van der Waals surface area contributed by atoms with Crippen LogP contribution < -0.4 is 0 Å². The summed E-state index contributed by atoms with van der Waals surface area (Å²) in [5, 5.41) is 4.31. The zero-order chi connectivity index (χ0) is 8.67. The Kier molecular flexibility index (Phi) is 1.81. The Balaban J connectivity index is 1.51. The Hall–Kier alpha value is -0.530. The molecule has 72 valence electrons. The minimum absolute atomic E-state index is 0.466. The van der Waals surface area contributed by atoms with Gasteiger partial charge in [-0.2, -0.15) is 0 Å². The van der Waals surface area contributed by atoms with Gasteiger partial charge in [0.2, 0.25) is 0 Å². The van der Waals surface area contributed by atoms with Crippen molar-refractivity contribution < 1.29 is 4.84 Å². The molecule has 0 bridgehead atoms. The van der Waals surface area contributed by atoms with E-state index >= 15 is 0 Å². The summed E-state index contributed by atoms with van der Waals surface area (Å²) in [6, 6.07) is 0. The van der Waals surface area contributed by atoms with E-state index in [9.17, 15) is 0 Å². The van der Waals surface area contributed by atoms with Crippen molar-refractivity contribution in [1.82, 2.24) is 0 Å². The molecule has 3 fully saturated rings. The highest BCUT2D eigenvalue weighted by Gasteiger charge is 2.40. The molecule has 3 aliphatic carbocycles. The van der Waals surface area contributed by atoms with Crippen LogP contribution in [0.5, 0.6) is 0 Å². The van der Waals surface area contributed by atoms with Gasteiger partial charge in [-0.25, -0.2) is 0 Å².